The van der Waals surface area contributed by atoms with Crippen LogP contribution >= 0.6 is 15.9 Å². The summed E-state index contributed by atoms with van der Waals surface area (Å²) in [5.74, 6) is -5.45. The fourth-order valence-corrected chi connectivity index (χ4v) is 13.9. The van der Waals surface area contributed by atoms with E-state index < -0.39 is 124 Å². The number of unbranched alkanes of at least 4 members (excludes halogenated alkanes) is 1. The number of hydrogen-bond acceptors (Lipinski definition) is 15. The summed E-state index contributed by atoms with van der Waals surface area (Å²) in [4.78, 5) is 57.4. The number of ether oxygens (including phenoxy) is 9. The van der Waals surface area contributed by atoms with Crippen LogP contribution in [0.5, 0.6) is 0 Å². The first kappa shape index (κ1) is 64.0. The number of carbonyl (C=O) groups is 4. The number of allylic oxidation sites excluding steroid dienone is 3. The molecule has 5 heterocycles. The van der Waals surface area contributed by atoms with Crippen molar-refractivity contribution in [1.82, 2.24) is 0 Å². The number of rotatable bonds is 13. The molecule has 430 valence electrons. The Kier molecular flexibility index (Phi) is 21.0. The van der Waals surface area contributed by atoms with E-state index in [1.54, 1.807) is 19.3 Å². The number of esters is 4. The first-order chi connectivity index (χ1) is 35.1. The van der Waals surface area contributed by atoms with E-state index in [9.17, 15) is 14.4 Å². The summed E-state index contributed by atoms with van der Waals surface area (Å²) in [6, 6.07) is 0. The molecule has 6 bridgehead atoms. The second-order valence-electron chi connectivity index (χ2n) is 25.7. The highest BCUT2D eigenvalue weighted by Crippen LogP contribution is 2.54. The normalized spacial score (nSPS) is 34.2. The summed E-state index contributed by atoms with van der Waals surface area (Å²) in [7, 11) is -2.02. The van der Waals surface area contributed by atoms with Gasteiger partial charge in [0, 0.05) is 63.5 Å². The van der Waals surface area contributed by atoms with Crippen molar-refractivity contribution in [2.45, 2.75) is 257 Å². The lowest BCUT2D eigenvalue weighted by atomic mass is 9.70. The molecule has 5 rings (SSSR count). The molecule has 0 radical (unpaired) electrons. The lowest BCUT2D eigenvalue weighted by molar-refractivity contribution is -0.358. The van der Waals surface area contributed by atoms with Gasteiger partial charge in [-0.15, -0.1) is 0 Å². The molecule has 0 saturated carbocycles. The summed E-state index contributed by atoms with van der Waals surface area (Å²) < 4.78 is 74.2. The molecular weight excluding hydrogens is 1070 g/mol. The molecule has 0 aromatic heterocycles. The van der Waals surface area contributed by atoms with Gasteiger partial charge in [-0.3, -0.25) is 9.59 Å². The molecule has 0 N–H and O–H groups in total. The maximum absolute atomic E-state index is 15.0. The molecule has 0 aromatic carbocycles. The third-order valence-electron chi connectivity index (χ3n) is 17.2. The summed E-state index contributed by atoms with van der Waals surface area (Å²) >= 11 is 3.64. The molecule has 18 heteroatoms. The van der Waals surface area contributed by atoms with Crippen LogP contribution in [0, 0.1) is 10.8 Å². The molecule has 3 fully saturated rings. The molecule has 76 heavy (non-hydrogen) atoms. The summed E-state index contributed by atoms with van der Waals surface area (Å²) in [5, 5.41) is -0.442. The lowest BCUT2D eigenvalue weighted by Crippen LogP contribution is -2.66. The lowest BCUT2D eigenvalue weighted by Gasteiger charge is -2.56. The number of cyclic esters (lactones) is 1. The Hall–Kier alpha value is -2.79. The largest absolute Gasteiger partial charge is 0.462 e. The number of hydrogen-bond donors (Lipinski definition) is 0. The summed E-state index contributed by atoms with van der Waals surface area (Å²) in [5.41, 5.74) is -0.609. The average Bonchev–Trinajstić information content (AvgIpc) is 3.70. The van der Waals surface area contributed by atoms with Gasteiger partial charge in [-0.25, -0.2) is 9.59 Å². The molecule has 3 saturated heterocycles. The molecule has 5 aliphatic rings. The second-order valence-corrected chi connectivity index (χ2v) is 35.7. The standard InChI is InChI=1S/C58H93BrO15Si2/c1-20-21-22-23-24-25-48(61)70-52-44-33-50(63)69-51(44)46-34-45(37(2)73-75(16,17)53(4,5)6)68-49(62)32-42(74-76(18,19)54(7,8)9)30-41-31-47(66-38(3)60)56(12,13)57(64-14,71-41)35-43-29-39(36-59)28-40(67-43)26-27-55(10,11)58(52,65-15)72-46/h22-27,33,36-37,40-43,45-47,51-52H,20-21,28-32,34-35H2,1-19H3/b23-22+,25-24+,27-26+,39-36+/t37-,40+,41-,42-,43+,45-,46-,47+,51+,52+,57+,58-/m1/s1. The van der Waals surface area contributed by atoms with Gasteiger partial charge in [-0.1, -0.05) is 134 Å². The predicted octanol–water partition coefficient (Wildman–Crippen LogP) is 12.2. The third-order valence-corrected chi connectivity index (χ3v) is 27.0. The Morgan fingerprint density at radius 2 is 1.54 bits per heavy atom. The van der Waals surface area contributed by atoms with Crippen molar-refractivity contribution in [3.8, 4) is 0 Å². The van der Waals surface area contributed by atoms with Crippen molar-refractivity contribution in [2.24, 2.45) is 10.8 Å². The smallest absolute Gasteiger partial charge is 0.331 e. The van der Waals surface area contributed by atoms with Crippen molar-refractivity contribution in [1.29, 1.82) is 0 Å². The third kappa shape index (κ3) is 14.6. The molecule has 0 aliphatic carbocycles. The minimum Gasteiger partial charge on any atom is -0.462 e. The fourth-order valence-electron chi connectivity index (χ4n) is 10.7. The van der Waals surface area contributed by atoms with E-state index in [0.717, 1.165) is 18.4 Å². The van der Waals surface area contributed by atoms with E-state index in [4.69, 9.17) is 51.5 Å². The van der Waals surface area contributed by atoms with Crippen LogP contribution in [-0.2, 0) is 70.7 Å². The minimum absolute atomic E-state index is 0.00760. The maximum Gasteiger partial charge on any atom is 0.331 e. The Labute approximate surface area is 465 Å². The van der Waals surface area contributed by atoms with Gasteiger partial charge in [0.05, 0.1) is 42.4 Å². The summed E-state index contributed by atoms with van der Waals surface area (Å²) in [6.45, 7) is 34.6. The highest BCUT2D eigenvalue weighted by Gasteiger charge is 2.64. The van der Waals surface area contributed by atoms with Crippen LogP contribution in [0.2, 0.25) is 36.3 Å². The Morgan fingerprint density at radius 1 is 0.868 bits per heavy atom. The van der Waals surface area contributed by atoms with Crippen LogP contribution in [0.25, 0.3) is 0 Å². The van der Waals surface area contributed by atoms with Crippen molar-refractivity contribution < 1.29 is 70.7 Å². The van der Waals surface area contributed by atoms with Gasteiger partial charge in [0.1, 0.15) is 18.3 Å². The van der Waals surface area contributed by atoms with Crippen molar-refractivity contribution in [2.75, 3.05) is 14.2 Å². The van der Waals surface area contributed by atoms with Crippen molar-refractivity contribution >= 4 is 56.4 Å². The van der Waals surface area contributed by atoms with Crippen LogP contribution in [0.4, 0.5) is 0 Å². The highest BCUT2D eigenvalue weighted by atomic mass is 79.9. The van der Waals surface area contributed by atoms with E-state index in [1.807, 2.05) is 57.8 Å². The van der Waals surface area contributed by atoms with Crippen LogP contribution in [0.15, 0.2) is 58.7 Å². The van der Waals surface area contributed by atoms with Crippen LogP contribution in [-0.4, -0.2) is 127 Å². The van der Waals surface area contributed by atoms with Gasteiger partial charge in [0.15, 0.2) is 34.6 Å². The first-order valence-electron chi connectivity index (χ1n) is 27.4. The van der Waals surface area contributed by atoms with Gasteiger partial charge < -0.3 is 51.5 Å². The van der Waals surface area contributed by atoms with Gasteiger partial charge in [0.2, 0.25) is 5.79 Å². The Balaban J connectivity index is 1.75. The van der Waals surface area contributed by atoms with Gasteiger partial charge >= 0.3 is 23.9 Å². The summed E-state index contributed by atoms with van der Waals surface area (Å²) in [6.07, 6.45) is 7.63. The van der Waals surface area contributed by atoms with E-state index in [0.29, 0.717) is 24.8 Å². The molecule has 5 aliphatic heterocycles. The van der Waals surface area contributed by atoms with Gasteiger partial charge in [-0.2, -0.15) is 0 Å². The van der Waals surface area contributed by atoms with E-state index in [-0.39, 0.29) is 35.8 Å². The zero-order chi connectivity index (χ0) is 57.0. The zero-order valence-electron chi connectivity index (χ0n) is 49.3. The average molecular weight is 1170 g/mol. The fraction of sp³-hybridized carbons (Fsp3) is 0.759. The SMILES string of the molecule is CCC/C=C/C=C/C(=O)O[C@H]1C2=CC(=O)O[C@@H]2[C@H]2C[C@H]([C@@H](C)O[Si](C)(C)C(C)(C)C)OC(=O)C[C@H](O[Si](C)(C)C(C)(C)C)C[C@@H]3C[C@H](OC(C)=O)C(C)(C)[C@](OC)(C[C@@H]4C/C(=C/Br)C[C@H](/C=C/C(C)(C)[C@]1(OC)O2)O4)O3. The molecule has 0 aromatic rings. The molecule has 0 amide bonds. The molecule has 0 spiro atoms. The first-order valence-corrected chi connectivity index (χ1v) is 34.1. The number of halogens is 1. The van der Waals surface area contributed by atoms with Crippen molar-refractivity contribution in [3.05, 3.63) is 58.7 Å². The minimum atomic E-state index is -2.59. The predicted molar refractivity (Wildman–Crippen MR) is 300 cm³/mol. The molecular formula is C58H93BrO15Si2. The molecule has 15 nitrogen and oxygen atoms in total. The van der Waals surface area contributed by atoms with E-state index in [1.165, 1.54) is 26.2 Å². The van der Waals surface area contributed by atoms with Gasteiger partial charge in [0.25, 0.3) is 0 Å². The quantitative estimate of drug-likeness (QED) is 0.0426. The number of carbonyl (C=O) groups excluding carboxylic acids is 4. The molecule has 0 unspecified atom stereocenters. The monoisotopic (exact) mass is 1160 g/mol. The van der Waals surface area contributed by atoms with Crippen molar-refractivity contribution in [3.63, 3.8) is 0 Å². The molecule has 12 atom stereocenters. The zero-order valence-corrected chi connectivity index (χ0v) is 52.8. The van der Waals surface area contributed by atoms with Crippen LogP contribution in [0.1, 0.15) is 148 Å². The second kappa shape index (κ2) is 24.9. The topological polar surface area (TPSA) is 170 Å². The van der Waals surface area contributed by atoms with Crippen LogP contribution < -0.4 is 0 Å². The Morgan fingerprint density at radius 3 is 2.13 bits per heavy atom. The van der Waals surface area contributed by atoms with Gasteiger partial charge in [-0.05, 0) is 73.9 Å². The van der Waals surface area contributed by atoms with E-state index in [2.05, 4.69) is 90.6 Å². The van der Waals surface area contributed by atoms with Crippen LogP contribution in [0.3, 0.4) is 0 Å². The number of methoxy groups -OCH3 is 2. The van der Waals surface area contributed by atoms with E-state index >= 15 is 4.79 Å². The highest BCUT2D eigenvalue weighted by molar-refractivity contribution is 9.11. The maximum atomic E-state index is 15.0. The number of fused-ring (bicyclic) bond motifs is 8. The Bertz CT molecular complexity index is 2220.